The van der Waals surface area contributed by atoms with Gasteiger partial charge in [-0.3, -0.25) is 4.79 Å². The van der Waals surface area contributed by atoms with Gasteiger partial charge in [-0.15, -0.1) is 0 Å². The van der Waals surface area contributed by atoms with Gasteiger partial charge in [0.15, 0.2) is 0 Å². The quantitative estimate of drug-likeness (QED) is 0.490. The molecule has 2 bridgehead atoms. The van der Waals surface area contributed by atoms with Crippen molar-refractivity contribution in [2.45, 2.75) is 94.7 Å². The van der Waals surface area contributed by atoms with Gasteiger partial charge < -0.3 is 23.8 Å². The number of ether oxygens (including phenoxy) is 4. The number of nitrogens with zero attached hydrogens (tertiary/aromatic N) is 1. The molecule has 0 N–H and O–H groups in total. The Kier molecular flexibility index (Phi) is 7.18. The van der Waals surface area contributed by atoms with Crippen molar-refractivity contribution in [1.82, 2.24) is 4.90 Å². The molecule has 200 valence electrons. The number of methoxy groups -OCH3 is 2. The number of rotatable bonds is 6. The highest BCUT2D eigenvalue weighted by Crippen LogP contribution is 2.67. The van der Waals surface area contributed by atoms with Gasteiger partial charge in [0.2, 0.25) is 0 Å². The van der Waals surface area contributed by atoms with E-state index < -0.39 is 29.8 Å². The summed E-state index contributed by atoms with van der Waals surface area (Å²) in [5.41, 5.74) is -0.588. The molecule has 10 atom stereocenters. The van der Waals surface area contributed by atoms with Crippen molar-refractivity contribution in [3.8, 4) is 0 Å². The number of carbonyl (C=O) groups is 1. The lowest BCUT2D eigenvalue weighted by Crippen LogP contribution is -2.64. The molecule has 0 unspecified atom stereocenters. The Morgan fingerprint density at radius 1 is 0.971 bits per heavy atom. The van der Waals surface area contributed by atoms with Crippen LogP contribution in [-0.4, -0.2) is 68.6 Å². The maximum atomic E-state index is 13.7. The third-order valence-electron chi connectivity index (χ3n) is 10.2. The van der Waals surface area contributed by atoms with Crippen LogP contribution in [0.25, 0.3) is 0 Å². The van der Waals surface area contributed by atoms with Gasteiger partial charge in [-0.1, -0.05) is 12.8 Å². The summed E-state index contributed by atoms with van der Waals surface area (Å²) in [4.78, 5) is 13.8. The van der Waals surface area contributed by atoms with Crippen molar-refractivity contribution < 1.29 is 36.9 Å². The lowest BCUT2D eigenvalue weighted by Gasteiger charge is -2.56. The maximum absolute atomic E-state index is 13.7. The summed E-state index contributed by atoms with van der Waals surface area (Å²) in [6.07, 6.45) is 3.48. The Balaban J connectivity index is 1.54. The number of alkyl halides is 3. The Hall–Kier alpha value is -0.900. The molecular formula is C26H40F3NO5. The van der Waals surface area contributed by atoms with Gasteiger partial charge >= 0.3 is 12.1 Å². The largest absolute Gasteiger partial charge is 0.471 e. The molecule has 9 heteroatoms. The molecule has 1 saturated heterocycles. The molecule has 0 spiro atoms. The molecule has 0 aromatic heterocycles. The Morgan fingerprint density at radius 2 is 1.69 bits per heavy atom. The van der Waals surface area contributed by atoms with E-state index in [1.807, 2.05) is 0 Å². The van der Waals surface area contributed by atoms with E-state index in [1.54, 1.807) is 21.1 Å². The number of halogens is 3. The fourth-order valence-corrected chi connectivity index (χ4v) is 9.29. The molecule has 5 fully saturated rings. The summed E-state index contributed by atoms with van der Waals surface area (Å²) in [6.45, 7) is 2.12. The Bertz CT molecular complexity index is 781. The molecule has 1 amide bonds. The molecule has 4 saturated carbocycles. The minimum Gasteiger partial charge on any atom is -0.359 e. The molecule has 4 aliphatic carbocycles. The van der Waals surface area contributed by atoms with Crippen LogP contribution in [0, 0.1) is 35.5 Å². The fraction of sp³-hybridized carbons (Fsp3) is 0.962. The number of likely N-dealkylation sites (tertiary alicyclic amines) is 1. The fourth-order valence-electron chi connectivity index (χ4n) is 9.29. The maximum Gasteiger partial charge on any atom is 0.471 e. The van der Waals surface area contributed by atoms with E-state index in [2.05, 4.69) is 0 Å². The minimum absolute atomic E-state index is 0.0674. The molecule has 5 rings (SSSR count). The van der Waals surface area contributed by atoms with Crippen LogP contribution in [0.1, 0.15) is 64.7 Å². The summed E-state index contributed by atoms with van der Waals surface area (Å²) in [6, 6.07) is -0.876. The van der Waals surface area contributed by atoms with Crippen LogP contribution >= 0.6 is 0 Å². The third-order valence-corrected chi connectivity index (χ3v) is 10.2. The summed E-state index contributed by atoms with van der Waals surface area (Å²) in [5.74, 6) is -0.0591. The lowest BCUT2D eigenvalue weighted by molar-refractivity contribution is -0.229. The molecule has 35 heavy (non-hydrogen) atoms. The smallest absolute Gasteiger partial charge is 0.359 e. The normalized spacial score (nSPS) is 45.0. The Labute approximate surface area is 206 Å². The molecule has 0 aromatic rings. The second-order valence-corrected chi connectivity index (χ2v) is 11.7. The summed E-state index contributed by atoms with van der Waals surface area (Å²) in [7, 11) is 3.22. The van der Waals surface area contributed by atoms with E-state index in [0.717, 1.165) is 32.1 Å². The van der Waals surface area contributed by atoms with Crippen molar-refractivity contribution in [2.24, 2.45) is 35.5 Å². The minimum atomic E-state index is -4.87. The number of hydrogen-bond donors (Lipinski definition) is 0. The van der Waals surface area contributed by atoms with Crippen molar-refractivity contribution in [3.63, 3.8) is 0 Å². The number of piperidine rings is 1. The van der Waals surface area contributed by atoms with Gasteiger partial charge in [0, 0.05) is 32.2 Å². The highest BCUT2D eigenvalue weighted by molar-refractivity contribution is 5.82. The van der Waals surface area contributed by atoms with Crippen LogP contribution in [0.2, 0.25) is 0 Å². The molecular weight excluding hydrogens is 463 g/mol. The zero-order valence-electron chi connectivity index (χ0n) is 21.1. The molecule has 0 radical (unpaired) electrons. The van der Waals surface area contributed by atoms with Crippen LogP contribution in [0.5, 0.6) is 0 Å². The summed E-state index contributed by atoms with van der Waals surface area (Å²) >= 11 is 0. The molecule has 5 aliphatic rings. The zero-order chi connectivity index (χ0) is 25.0. The van der Waals surface area contributed by atoms with Gasteiger partial charge in [0.1, 0.15) is 13.6 Å². The monoisotopic (exact) mass is 503 g/mol. The van der Waals surface area contributed by atoms with E-state index in [0.29, 0.717) is 30.6 Å². The van der Waals surface area contributed by atoms with Gasteiger partial charge in [0.05, 0.1) is 11.7 Å². The Morgan fingerprint density at radius 3 is 2.37 bits per heavy atom. The molecule has 6 nitrogen and oxygen atoms in total. The topological polar surface area (TPSA) is 57.2 Å². The van der Waals surface area contributed by atoms with Gasteiger partial charge in [-0.05, 0) is 81.5 Å². The summed E-state index contributed by atoms with van der Waals surface area (Å²) < 4.78 is 64.5. The first-order valence-electron chi connectivity index (χ1n) is 13.4. The standard InChI is InChI=1S/C26H40F3NO5/c1-15-8-9-19-21(30(15)24(31)26(27,28)29)10-16-12-25(19,35-14-33-3)20-11-22(34-13-32-2)17-6-4-5-7-18(17)23(16)20/h15-23H,4-14H2,1-3H3/t15-,16-,17+,18+,19+,20+,21+,22+,23-,25+/m0/s1. The first kappa shape index (κ1) is 25.7. The van der Waals surface area contributed by atoms with Crippen LogP contribution in [-0.2, 0) is 23.7 Å². The third kappa shape index (κ3) is 4.22. The lowest BCUT2D eigenvalue weighted by atomic mass is 9.58. The van der Waals surface area contributed by atoms with Crippen molar-refractivity contribution in [2.75, 3.05) is 27.8 Å². The van der Waals surface area contributed by atoms with Gasteiger partial charge in [-0.25, -0.2) is 0 Å². The number of amides is 1. The van der Waals surface area contributed by atoms with Crippen LogP contribution in [0.15, 0.2) is 0 Å². The van der Waals surface area contributed by atoms with Crippen molar-refractivity contribution >= 4 is 5.91 Å². The molecule has 1 heterocycles. The molecule has 1 aliphatic heterocycles. The van der Waals surface area contributed by atoms with Crippen LogP contribution in [0.4, 0.5) is 13.2 Å². The highest BCUT2D eigenvalue weighted by atomic mass is 19.4. The first-order chi connectivity index (χ1) is 16.7. The van der Waals surface area contributed by atoms with Gasteiger partial charge in [0.25, 0.3) is 0 Å². The SMILES string of the molecule is COCO[C@@H]1C[C@@H]2[C@@H]([C@H]3C[C@@H]4[C@@H](CC[C@H](C)N4C(=O)C(F)(F)F)[C@]2(OCOC)C3)[C@@H]2CCCC[C@H]21. The van der Waals surface area contributed by atoms with Crippen molar-refractivity contribution in [1.29, 1.82) is 0 Å². The van der Waals surface area contributed by atoms with E-state index in [9.17, 15) is 18.0 Å². The average molecular weight is 504 g/mol. The van der Waals surface area contributed by atoms with Gasteiger partial charge in [-0.2, -0.15) is 13.2 Å². The van der Waals surface area contributed by atoms with E-state index in [-0.39, 0.29) is 37.4 Å². The highest BCUT2D eigenvalue weighted by Gasteiger charge is 2.69. The van der Waals surface area contributed by atoms with E-state index in [4.69, 9.17) is 18.9 Å². The number of fused-ring (bicyclic) bond motifs is 9. The van der Waals surface area contributed by atoms with Crippen molar-refractivity contribution in [3.05, 3.63) is 0 Å². The predicted octanol–water partition coefficient (Wildman–Crippen LogP) is 4.76. The predicted molar refractivity (Wildman–Crippen MR) is 121 cm³/mol. The number of hydrogen-bond acceptors (Lipinski definition) is 5. The van der Waals surface area contributed by atoms with Crippen LogP contribution in [0.3, 0.4) is 0 Å². The second kappa shape index (κ2) is 9.76. The second-order valence-electron chi connectivity index (χ2n) is 11.7. The van der Waals surface area contributed by atoms with E-state index >= 15 is 0 Å². The zero-order valence-corrected chi connectivity index (χ0v) is 21.1. The molecule has 0 aromatic carbocycles. The average Bonchev–Trinajstić information content (AvgIpc) is 3.09. The first-order valence-corrected chi connectivity index (χ1v) is 13.4. The van der Waals surface area contributed by atoms with E-state index in [1.165, 1.54) is 17.7 Å². The summed E-state index contributed by atoms with van der Waals surface area (Å²) in [5, 5.41) is 0. The number of carbonyl (C=O) groups excluding carboxylic acids is 1. The van der Waals surface area contributed by atoms with Crippen LogP contribution < -0.4 is 0 Å².